The van der Waals surface area contributed by atoms with E-state index in [4.69, 9.17) is 5.73 Å². The van der Waals surface area contributed by atoms with E-state index in [1.807, 2.05) is 13.1 Å². The van der Waals surface area contributed by atoms with Gasteiger partial charge in [-0.05, 0) is 37.0 Å². The summed E-state index contributed by atoms with van der Waals surface area (Å²) in [6, 6.07) is 6.34. The maximum absolute atomic E-state index is 11.7. The smallest absolute Gasteiger partial charge is 0.152 e. The predicted molar refractivity (Wildman–Crippen MR) is 91.6 cm³/mol. The second-order valence-electron chi connectivity index (χ2n) is 5.81. The molecule has 1 aromatic rings. The van der Waals surface area contributed by atoms with Crippen LogP contribution in [0.5, 0.6) is 0 Å². The van der Waals surface area contributed by atoms with Crippen LogP contribution >= 0.6 is 15.9 Å². The highest BCUT2D eigenvalue weighted by atomic mass is 79.9. The zero-order chi connectivity index (χ0) is 15.6. The average Bonchev–Trinajstić information content (AvgIpc) is 2.80. The zero-order valence-electron chi connectivity index (χ0n) is 12.5. The molecule has 2 atom stereocenters. The Morgan fingerprint density at radius 2 is 2.19 bits per heavy atom. The fourth-order valence-corrected chi connectivity index (χ4v) is 4.87. The molecule has 21 heavy (non-hydrogen) atoms. The van der Waals surface area contributed by atoms with Gasteiger partial charge in [-0.3, -0.25) is 0 Å². The first-order valence-corrected chi connectivity index (χ1v) is 9.91. The molecule has 0 aliphatic carbocycles. The molecular weight excluding hydrogens is 352 g/mol. The summed E-state index contributed by atoms with van der Waals surface area (Å²) in [5, 5.41) is 0. The van der Waals surface area contributed by atoms with Crippen molar-refractivity contribution in [2.24, 2.45) is 5.73 Å². The van der Waals surface area contributed by atoms with E-state index in [-0.39, 0.29) is 17.8 Å². The molecule has 2 rings (SSSR count). The van der Waals surface area contributed by atoms with E-state index in [0.29, 0.717) is 12.2 Å². The third kappa shape index (κ3) is 4.20. The topological polar surface area (TPSA) is 63.4 Å². The average molecular weight is 375 g/mol. The van der Waals surface area contributed by atoms with Crippen molar-refractivity contribution in [2.75, 3.05) is 23.5 Å². The van der Waals surface area contributed by atoms with Crippen molar-refractivity contribution in [3.8, 4) is 0 Å². The molecule has 1 aliphatic heterocycles. The van der Waals surface area contributed by atoms with E-state index >= 15 is 0 Å². The molecule has 2 unspecified atom stereocenters. The molecule has 1 fully saturated rings. The Kier molecular flexibility index (Phi) is 5.33. The van der Waals surface area contributed by atoms with E-state index in [1.54, 1.807) is 0 Å². The third-order valence-electron chi connectivity index (χ3n) is 4.19. The van der Waals surface area contributed by atoms with Crippen LogP contribution in [0.4, 0.5) is 5.69 Å². The number of hydrogen-bond donors (Lipinski definition) is 1. The fraction of sp³-hybridized carbons (Fsp3) is 0.600. The highest BCUT2D eigenvalue weighted by Gasteiger charge is 2.31. The summed E-state index contributed by atoms with van der Waals surface area (Å²) in [6.45, 7) is 2.08. The number of halogens is 1. The van der Waals surface area contributed by atoms with Crippen molar-refractivity contribution in [1.82, 2.24) is 0 Å². The van der Waals surface area contributed by atoms with Crippen LogP contribution in [0.2, 0.25) is 0 Å². The summed E-state index contributed by atoms with van der Waals surface area (Å²) in [4.78, 5) is 2.10. The lowest BCUT2D eigenvalue weighted by molar-refractivity contribution is 0.600. The molecule has 0 saturated carbocycles. The van der Waals surface area contributed by atoms with Crippen LogP contribution in [-0.2, 0) is 16.3 Å². The molecule has 4 nitrogen and oxygen atoms in total. The van der Waals surface area contributed by atoms with Gasteiger partial charge in [0.05, 0.1) is 11.5 Å². The summed E-state index contributed by atoms with van der Waals surface area (Å²) in [6.07, 6.45) is 2.44. The van der Waals surface area contributed by atoms with Gasteiger partial charge in [-0.1, -0.05) is 28.9 Å². The van der Waals surface area contributed by atoms with Gasteiger partial charge >= 0.3 is 0 Å². The maximum atomic E-state index is 11.7. The number of anilines is 1. The SMILES string of the molecule is CCC(N)Cc1ccc(Br)cc1N(C)C1CCS(=O)(=O)C1. The van der Waals surface area contributed by atoms with E-state index < -0.39 is 9.84 Å². The summed E-state index contributed by atoms with van der Waals surface area (Å²) in [7, 11) is -0.897. The predicted octanol–water partition coefficient (Wildman–Crippen LogP) is 2.35. The van der Waals surface area contributed by atoms with Crippen LogP contribution in [0.25, 0.3) is 0 Å². The van der Waals surface area contributed by atoms with Crippen molar-refractivity contribution >= 4 is 31.5 Å². The Labute approximate surface area is 135 Å². The Morgan fingerprint density at radius 3 is 2.76 bits per heavy atom. The minimum absolute atomic E-state index is 0.0564. The lowest BCUT2D eigenvalue weighted by Gasteiger charge is -2.29. The summed E-state index contributed by atoms with van der Waals surface area (Å²) < 4.78 is 24.4. The van der Waals surface area contributed by atoms with Gasteiger partial charge in [0, 0.05) is 29.3 Å². The molecule has 0 radical (unpaired) electrons. The van der Waals surface area contributed by atoms with Gasteiger partial charge in [0.2, 0.25) is 0 Å². The monoisotopic (exact) mass is 374 g/mol. The summed E-state index contributed by atoms with van der Waals surface area (Å²) >= 11 is 3.50. The van der Waals surface area contributed by atoms with E-state index in [9.17, 15) is 8.42 Å². The molecule has 0 bridgehead atoms. The van der Waals surface area contributed by atoms with Gasteiger partial charge in [-0.15, -0.1) is 0 Å². The van der Waals surface area contributed by atoms with Crippen molar-refractivity contribution < 1.29 is 8.42 Å². The molecule has 0 spiro atoms. The minimum atomic E-state index is -2.88. The van der Waals surface area contributed by atoms with Crippen LogP contribution in [0.15, 0.2) is 22.7 Å². The Bertz CT molecular complexity index is 604. The van der Waals surface area contributed by atoms with Crippen LogP contribution in [-0.4, -0.2) is 39.1 Å². The molecule has 2 N–H and O–H groups in total. The Balaban J connectivity index is 2.27. The lowest BCUT2D eigenvalue weighted by atomic mass is 10.0. The minimum Gasteiger partial charge on any atom is -0.370 e. The highest BCUT2D eigenvalue weighted by molar-refractivity contribution is 9.10. The first kappa shape index (κ1) is 16.8. The molecule has 1 aliphatic rings. The van der Waals surface area contributed by atoms with Gasteiger partial charge < -0.3 is 10.6 Å². The van der Waals surface area contributed by atoms with Crippen molar-refractivity contribution in [3.63, 3.8) is 0 Å². The Hall–Kier alpha value is -0.590. The molecule has 1 aromatic carbocycles. The van der Waals surface area contributed by atoms with Crippen LogP contribution in [0, 0.1) is 0 Å². The van der Waals surface area contributed by atoms with Crippen molar-refractivity contribution in [2.45, 2.75) is 38.3 Å². The first-order chi connectivity index (χ1) is 9.82. The first-order valence-electron chi connectivity index (χ1n) is 7.29. The van der Waals surface area contributed by atoms with Crippen LogP contribution < -0.4 is 10.6 Å². The van der Waals surface area contributed by atoms with Crippen LogP contribution in [0.3, 0.4) is 0 Å². The van der Waals surface area contributed by atoms with Gasteiger partial charge in [-0.25, -0.2) is 8.42 Å². The lowest BCUT2D eigenvalue weighted by Crippen LogP contribution is -2.34. The molecule has 0 aromatic heterocycles. The van der Waals surface area contributed by atoms with Gasteiger partial charge in [-0.2, -0.15) is 0 Å². The second kappa shape index (κ2) is 6.67. The molecule has 1 saturated heterocycles. The fourth-order valence-electron chi connectivity index (χ4n) is 2.74. The maximum Gasteiger partial charge on any atom is 0.152 e. The summed E-state index contributed by atoms with van der Waals surface area (Å²) in [5.74, 6) is 0.537. The number of benzene rings is 1. The number of rotatable bonds is 5. The standard InChI is InChI=1S/C15H23BrN2O2S/c1-3-13(17)8-11-4-5-12(16)9-15(11)18(2)14-6-7-21(19,20)10-14/h4-5,9,13-14H,3,6-8,10,17H2,1-2H3. The Morgan fingerprint density at radius 1 is 1.48 bits per heavy atom. The molecule has 118 valence electrons. The quantitative estimate of drug-likeness (QED) is 0.858. The normalized spacial score (nSPS) is 22.2. The van der Waals surface area contributed by atoms with E-state index in [0.717, 1.165) is 23.0 Å². The van der Waals surface area contributed by atoms with Crippen LogP contribution in [0.1, 0.15) is 25.3 Å². The molecular formula is C15H23BrN2O2S. The van der Waals surface area contributed by atoms with Gasteiger partial charge in [0.25, 0.3) is 0 Å². The van der Waals surface area contributed by atoms with E-state index in [2.05, 4.69) is 39.9 Å². The van der Waals surface area contributed by atoms with E-state index in [1.165, 1.54) is 5.56 Å². The number of hydrogen-bond acceptors (Lipinski definition) is 4. The molecule has 6 heteroatoms. The largest absolute Gasteiger partial charge is 0.370 e. The second-order valence-corrected chi connectivity index (χ2v) is 8.96. The molecule has 1 heterocycles. The van der Waals surface area contributed by atoms with Gasteiger partial charge in [0.15, 0.2) is 9.84 Å². The third-order valence-corrected chi connectivity index (χ3v) is 6.43. The van der Waals surface area contributed by atoms with Crippen molar-refractivity contribution in [3.05, 3.63) is 28.2 Å². The number of sulfone groups is 1. The number of nitrogens with two attached hydrogens (primary N) is 1. The highest BCUT2D eigenvalue weighted by Crippen LogP contribution is 2.29. The van der Waals surface area contributed by atoms with Crippen molar-refractivity contribution in [1.29, 1.82) is 0 Å². The molecule has 0 amide bonds. The summed E-state index contributed by atoms with van der Waals surface area (Å²) in [5.41, 5.74) is 8.34. The number of nitrogens with zero attached hydrogens (tertiary/aromatic N) is 1. The van der Waals surface area contributed by atoms with Gasteiger partial charge in [0.1, 0.15) is 0 Å². The zero-order valence-corrected chi connectivity index (χ0v) is 15.0.